The van der Waals surface area contributed by atoms with Crippen molar-refractivity contribution < 1.29 is 14.3 Å². The second-order valence-corrected chi connectivity index (χ2v) is 4.97. The third kappa shape index (κ3) is 1.99. The number of benzene rings is 1. The molecule has 0 aromatic heterocycles. The van der Waals surface area contributed by atoms with Crippen LogP contribution in [0.4, 0.5) is 11.4 Å². The van der Waals surface area contributed by atoms with E-state index < -0.39 is 0 Å². The zero-order valence-electron chi connectivity index (χ0n) is 11.2. The zero-order valence-corrected chi connectivity index (χ0v) is 11.2. The predicted octanol–water partition coefficient (Wildman–Crippen LogP) is 2.01. The van der Waals surface area contributed by atoms with Gasteiger partial charge in [-0.3, -0.25) is 4.79 Å². The van der Waals surface area contributed by atoms with Gasteiger partial charge in [0.1, 0.15) is 0 Å². The molecule has 1 saturated heterocycles. The fraction of sp³-hybridized carbons (Fsp3) is 0.500. The fourth-order valence-corrected chi connectivity index (χ4v) is 2.99. The monoisotopic (exact) mass is 262 g/mol. The van der Waals surface area contributed by atoms with E-state index in [0.29, 0.717) is 24.0 Å². The summed E-state index contributed by atoms with van der Waals surface area (Å²) in [4.78, 5) is 14.2. The first-order valence-electron chi connectivity index (χ1n) is 6.55. The Balaban J connectivity index is 2.11. The van der Waals surface area contributed by atoms with E-state index in [0.717, 1.165) is 30.8 Å². The number of carbonyl (C=O) groups is 1. The van der Waals surface area contributed by atoms with Crippen molar-refractivity contribution in [1.29, 1.82) is 0 Å². The third-order valence-electron chi connectivity index (χ3n) is 3.88. The van der Waals surface area contributed by atoms with Crippen LogP contribution in [0.5, 0.6) is 11.5 Å². The van der Waals surface area contributed by atoms with Gasteiger partial charge in [0.2, 0.25) is 5.91 Å². The molecule has 0 saturated carbocycles. The Morgan fingerprint density at radius 2 is 2.00 bits per heavy atom. The van der Waals surface area contributed by atoms with Gasteiger partial charge in [-0.05, 0) is 12.8 Å². The molecule has 3 rings (SSSR count). The molecule has 0 aliphatic carbocycles. The fourth-order valence-electron chi connectivity index (χ4n) is 2.99. The molecule has 1 aromatic carbocycles. The molecule has 1 N–H and O–H groups in total. The van der Waals surface area contributed by atoms with Gasteiger partial charge in [-0.15, -0.1) is 0 Å². The Kier molecular flexibility index (Phi) is 2.97. The first-order chi connectivity index (χ1) is 9.22. The normalized spacial score (nSPS) is 21.3. The number of carbonyl (C=O) groups excluding carboxylic acids is 1. The number of nitrogens with one attached hydrogen (secondary N) is 1. The van der Waals surface area contributed by atoms with E-state index in [1.807, 2.05) is 12.1 Å². The quantitative estimate of drug-likeness (QED) is 0.886. The van der Waals surface area contributed by atoms with Crippen molar-refractivity contribution in [3.05, 3.63) is 12.1 Å². The average Bonchev–Trinajstić information content (AvgIpc) is 2.81. The second kappa shape index (κ2) is 4.64. The van der Waals surface area contributed by atoms with Crippen LogP contribution in [0.2, 0.25) is 0 Å². The van der Waals surface area contributed by atoms with Crippen molar-refractivity contribution in [2.24, 2.45) is 0 Å². The number of hydrogen-bond acceptors (Lipinski definition) is 4. The molecule has 102 valence electrons. The molecule has 1 amide bonds. The Hall–Kier alpha value is -1.91. The second-order valence-electron chi connectivity index (χ2n) is 4.97. The van der Waals surface area contributed by atoms with Gasteiger partial charge in [0.05, 0.1) is 25.6 Å². The molecule has 1 fully saturated rings. The van der Waals surface area contributed by atoms with Crippen molar-refractivity contribution in [3.8, 4) is 11.5 Å². The van der Waals surface area contributed by atoms with Crippen LogP contribution in [0.15, 0.2) is 12.1 Å². The lowest BCUT2D eigenvalue weighted by atomic mass is 10.1. The Morgan fingerprint density at radius 3 is 2.74 bits per heavy atom. The smallest absolute Gasteiger partial charge is 0.226 e. The van der Waals surface area contributed by atoms with E-state index in [-0.39, 0.29) is 5.91 Å². The lowest BCUT2D eigenvalue weighted by molar-refractivity contribution is -0.116. The summed E-state index contributed by atoms with van der Waals surface area (Å²) in [6.45, 7) is 0.988. The van der Waals surface area contributed by atoms with Crippen LogP contribution in [0, 0.1) is 0 Å². The van der Waals surface area contributed by atoms with Crippen molar-refractivity contribution in [1.82, 2.24) is 0 Å². The van der Waals surface area contributed by atoms with Gasteiger partial charge in [-0.25, -0.2) is 0 Å². The van der Waals surface area contributed by atoms with Crippen LogP contribution in [-0.2, 0) is 4.79 Å². The first kappa shape index (κ1) is 12.1. The van der Waals surface area contributed by atoms with Crippen molar-refractivity contribution >= 4 is 17.3 Å². The van der Waals surface area contributed by atoms with Gasteiger partial charge in [0, 0.05) is 31.1 Å². The number of ether oxygens (including phenoxy) is 2. The molecule has 5 heteroatoms. The molecule has 0 spiro atoms. The molecule has 0 bridgehead atoms. The summed E-state index contributed by atoms with van der Waals surface area (Å²) in [6, 6.07) is 4.10. The van der Waals surface area contributed by atoms with Crippen LogP contribution >= 0.6 is 0 Å². The lowest BCUT2D eigenvalue weighted by Gasteiger charge is -2.25. The summed E-state index contributed by atoms with van der Waals surface area (Å²) in [5.41, 5.74) is 1.85. The van der Waals surface area contributed by atoms with E-state index in [1.54, 1.807) is 14.2 Å². The van der Waals surface area contributed by atoms with E-state index in [1.165, 1.54) is 0 Å². The topological polar surface area (TPSA) is 50.8 Å². The molecular weight excluding hydrogens is 244 g/mol. The van der Waals surface area contributed by atoms with Crippen LogP contribution in [-0.4, -0.2) is 32.7 Å². The molecule has 1 unspecified atom stereocenters. The molecule has 0 radical (unpaired) electrons. The largest absolute Gasteiger partial charge is 0.493 e. The van der Waals surface area contributed by atoms with Crippen LogP contribution in [0.3, 0.4) is 0 Å². The molecule has 1 aromatic rings. The zero-order chi connectivity index (χ0) is 13.4. The summed E-state index contributed by atoms with van der Waals surface area (Å²) >= 11 is 0. The highest BCUT2D eigenvalue weighted by atomic mass is 16.5. The molecule has 2 aliphatic rings. The highest BCUT2D eigenvalue weighted by Gasteiger charge is 2.32. The molecule has 5 nitrogen and oxygen atoms in total. The van der Waals surface area contributed by atoms with Crippen molar-refractivity contribution in [2.45, 2.75) is 25.3 Å². The predicted molar refractivity (Wildman–Crippen MR) is 73.2 cm³/mol. The number of methoxy groups -OCH3 is 2. The van der Waals surface area contributed by atoms with Crippen LogP contribution in [0.1, 0.15) is 19.3 Å². The number of amides is 1. The highest BCUT2D eigenvalue weighted by Crippen LogP contribution is 2.42. The van der Waals surface area contributed by atoms with Crippen molar-refractivity contribution in [3.63, 3.8) is 0 Å². The minimum Gasteiger partial charge on any atom is -0.493 e. The van der Waals surface area contributed by atoms with Crippen LogP contribution < -0.4 is 19.7 Å². The number of rotatable bonds is 2. The van der Waals surface area contributed by atoms with Gasteiger partial charge in [-0.2, -0.15) is 0 Å². The molecular formula is C14H18N2O3. The van der Waals surface area contributed by atoms with E-state index >= 15 is 0 Å². The van der Waals surface area contributed by atoms with Crippen LogP contribution in [0.25, 0.3) is 0 Å². The summed E-state index contributed by atoms with van der Waals surface area (Å²) < 4.78 is 10.6. The Labute approximate surface area is 112 Å². The Bertz CT molecular complexity index is 516. The van der Waals surface area contributed by atoms with Gasteiger partial charge in [0.25, 0.3) is 0 Å². The molecule has 2 heterocycles. The standard InChI is InChI=1S/C14H18N2O3/c1-18-12-7-10-11(8-13(12)19-2)16-5-3-4-9(16)6-14(17)15-10/h7-9H,3-6H2,1-2H3,(H,15,17). The number of nitrogens with zero attached hydrogens (tertiary/aromatic N) is 1. The maximum Gasteiger partial charge on any atom is 0.226 e. The SMILES string of the molecule is COc1cc2c(cc1OC)N1CCCC1CC(=O)N2. The summed E-state index contributed by atoms with van der Waals surface area (Å²) in [5.74, 6) is 1.41. The third-order valence-corrected chi connectivity index (χ3v) is 3.88. The molecule has 1 atom stereocenters. The van der Waals surface area contributed by atoms with Gasteiger partial charge in [0.15, 0.2) is 11.5 Å². The highest BCUT2D eigenvalue weighted by molar-refractivity contribution is 5.97. The minimum atomic E-state index is 0.0721. The minimum absolute atomic E-state index is 0.0721. The maximum atomic E-state index is 11.9. The van der Waals surface area contributed by atoms with E-state index in [4.69, 9.17) is 9.47 Å². The van der Waals surface area contributed by atoms with Gasteiger partial charge >= 0.3 is 0 Å². The number of fused-ring (bicyclic) bond motifs is 3. The van der Waals surface area contributed by atoms with E-state index in [2.05, 4.69) is 10.2 Å². The first-order valence-corrected chi connectivity index (χ1v) is 6.55. The molecule has 19 heavy (non-hydrogen) atoms. The summed E-state index contributed by atoms with van der Waals surface area (Å²) in [5, 5.41) is 2.96. The van der Waals surface area contributed by atoms with E-state index in [9.17, 15) is 4.79 Å². The van der Waals surface area contributed by atoms with Gasteiger partial charge < -0.3 is 19.7 Å². The summed E-state index contributed by atoms with van der Waals surface area (Å²) in [7, 11) is 3.22. The maximum absolute atomic E-state index is 11.9. The Morgan fingerprint density at radius 1 is 1.26 bits per heavy atom. The number of anilines is 2. The average molecular weight is 262 g/mol. The van der Waals surface area contributed by atoms with Crippen molar-refractivity contribution in [2.75, 3.05) is 31.0 Å². The molecule has 2 aliphatic heterocycles. The summed E-state index contributed by atoms with van der Waals surface area (Å²) in [6.07, 6.45) is 2.76. The number of hydrogen-bond donors (Lipinski definition) is 1. The lowest BCUT2D eigenvalue weighted by Crippen LogP contribution is -2.29. The van der Waals surface area contributed by atoms with Gasteiger partial charge in [-0.1, -0.05) is 0 Å².